The van der Waals surface area contributed by atoms with E-state index in [0.29, 0.717) is 6.42 Å². The van der Waals surface area contributed by atoms with Crippen LogP contribution in [-0.2, 0) is 15.5 Å². The first kappa shape index (κ1) is 13.5. The highest BCUT2D eigenvalue weighted by molar-refractivity contribution is 8.13. The predicted octanol–water partition coefficient (Wildman–Crippen LogP) is 3.19. The van der Waals surface area contributed by atoms with Crippen LogP contribution in [0.1, 0.15) is 29.5 Å². The third-order valence-corrected chi connectivity index (χ3v) is 3.82. The maximum absolute atomic E-state index is 10.7. The van der Waals surface area contributed by atoms with Crippen LogP contribution >= 0.6 is 10.7 Å². The number of rotatable bonds is 5. The summed E-state index contributed by atoms with van der Waals surface area (Å²) in [7, 11) is 1.82. The van der Waals surface area contributed by atoms with Crippen molar-refractivity contribution in [3.8, 4) is 0 Å². The van der Waals surface area contributed by atoms with E-state index in [2.05, 4.69) is 32.0 Å². The summed E-state index contributed by atoms with van der Waals surface area (Å²) in [5, 5.41) is 0. The van der Waals surface area contributed by atoms with Crippen LogP contribution in [0.5, 0.6) is 0 Å². The second-order valence-corrected chi connectivity index (χ2v) is 7.03. The summed E-state index contributed by atoms with van der Waals surface area (Å²) in [5.74, 6) is 0.0689. The van der Waals surface area contributed by atoms with Crippen LogP contribution in [0.25, 0.3) is 0 Å². The molecule has 0 aliphatic carbocycles. The van der Waals surface area contributed by atoms with Gasteiger partial charge in [0.1, 0.15) is 0 Å². The van der Waals surface area contributed by atoms with E-state index in [9.17, 15) is 8.42 Å². The summed E-state index contributed by atoms with van der Waals surface area (Å²) in [6, 6.07) is 6.34. The van der Waals surface area contributed by atoms with Gasteiger partial charge in [0.05, 0.1) is 5.75 Å². The zero-order chi connectivity index (χ0) is 12.2. The molecule has 0 aromatic heterocycles. The van der Waals surface area contributed by atoms with Gasteiger partial charge in [-0.15, -0.1) is 0 Å². The Morgan fingerprint density at radius 2 is 1.88 bits per heavy atom. The molecule has 0 aliphatic heterocycles. The van der Waals surface area contributed by atoms with Crippen molar-refractivity contribution >= 4 is 19.7 Å². The molecular weight excluding hydrogens is 244 g/mol. The van der Waals surface area contributed by atoms with Crippen molar-refractivity contribution in [2.24, 2.45) is 0 Å². The molecule has 90 valence electrons. The number of unbranched alkanes of at least 4 members (excludes halogenated alkanes) is 1. The molecule has 0 bridgehead atoms. The Balaban J connectivity index is 2.43. The molecule has 1 aromatic rings. The second-order valence-electron chi connectivity index (χ2n) is 4.13. The van der Waals surface area contributed by atoms with Gasteiger partial charge < -0.3 is 0 Å². The van der Waals surface area contributed by atoms with Gasteiger partial charge in [0.25, 0.3) is 0 Å². The van der Waals surface area contributed by atoms with Crippen molar-refractivity contribution in [3.63, 3.8) is 0 Å². The topological polar surface area (TPSA) is 34.1 Å². The van der Waals surface area contributed by atoms with E-state index in [1.165, 1.54) is 16.7 Å². The quantitative estimate of drug-likeness (QED) is 0.602. The van der Waals surface area contributed by atoms with Crippen LogP contribution in [0.2, 0.25) is 0 Å². The molecule has 0 radical (unpaired) electrons. The van der Waals surface area contributed by atoms with Crippen molar-refractivity contribution in [1.29, 1.82) is 0 Å². The summed E-state index contributed by atoms with van der Waals surface area (Å²) in [5.41, 5.74) is 3.82. The molecule has 16 heavy (non-hydrogen) atoms. The smallest absolute Gasteiger partial charge is 0.212 e. The Morgan fingerprint density at radius 3 is 2.44 bits per heavy atom. The number of halogens is 1. The SMILES string of the molecule is Cc1ccc(CCCCS(=O)(=O)Cl)c(C)c1. The highest BCUT2D eigenvalue weighted by atomic mass is 35.7. The summed E-state index contributed by atoms with van der Waals surface area (Å²) in [6.07, 6.45) is 2.40. The maximum atomic E-state index is 10.7. The van der Waals surface area contributed by atoms with E-state index in [1.54, 1.807) is 0 Å². The first-order chi connectivity index (χ1) is 7.38. The number of aryl methyl sites for hydroxylation is 3. The lowest BCUT2D eigenvalue weighted by atomic mass is 10.0. The molecule has 0 atom stereocenters. The van der Waals surface area contributed by atoms with Crippen molar-refractivity contribution in [2.45, 2.75) is 33.1 Å². The van der Waals surface area contributed by atoms with Crippen molar-refractivity contribution in [3.05, 3.63) is 34.9 Å². The van der Waals surface area contributed by atoms with Crippen LogP contribution in [0, 0.1) is 13.8 Å². The molecule has 0 saturated heterocycles. The summed E-state index contributed by atoms with van der Waals surface area (Å²) in [4.78, 5) is 0. The Kier molecular flexibility index (Phi) is 4.81. The first-order valence-electron chi connectivity index (χ1n) is 5.37. The van der Waals surface area contributed by atoms with E-state index in [-0.39, 0.29) is 5.75 Å². The van der Waals surface area contributed by atoms with Crippen molar-refractivity contribution < 1.29 is 8.42 Å². The predicted molar refractivity (Wildman–Crippen MR) is 68.5 cm³/mol. The highest BCUT2D eigenvalue weighted by Crippen LogP contribution is 2.14. The molecule has 1 rings (SSSR count). The summed E-state index contributed by atoms with van der Waals surface area (Å²) in [6.45, 7) is 4.15. The number of hydrogen-bond donors (Lipinski definition) is 0. The molecule has 0 saturated carbocycles. The van der Waals surface area contributed by atoms with Crippen LogP contribution in [0.3, 0.4) is 0 Å². The first-order valence-corrected chi connectivity index (χ1v) is 7.85. The van der Waals surface area contributed by atoms with Gasteiger partial charge in [-0.3, -0.25) is 0 Å². The van der Waals surface area contributed by atoms with Crippen LogP contribution < -0.4 is 0 Å². The fourth-order valence-electron chi connectivity index (χ4n) is 1.72. The lowest BCUT2D eigenvalue weighted by Crippen LogP contribution is -1.98. The fraction of sp³-hybridized carbons (Fsp3) is 0.500. The molecule has 0 N–H and O–H groups in total. The number of hydrogen-bond acceptors (Lipinski definition) is 2. The van der Waals surface area contributed by atoms with E-state index >= 15 is 0 Å². The molecule has 0 amide bonds. The van der Waals surface area contributed by atoms with Crippen LogP contribution in [0.4, 0.5) is 0 Å². The standard InChI is InChI=1S/C12H17ClO2S/c1-10-6-7-12(11(2)9-10)5-3-4-8-16(13,14)15/h6-7,9H,3-5,8H2,1-2H3. The molecular formula is C12H17ClO2S. The van der Waals surface area contributed by atoms with E-state index < -0.39 is 9.05 Å². The minimum atomic E-state index is -3.32. The molecule has 0 fully saturated rings. The molecule has 1 aromatic carbocycles. The van der Waals surface area contributed by atoms with Gasteiger partial charge in [-0.25, -0.2) is 8.42 Å². The third kappa shape index (κ3) is 4.99. The minimum Gasteiger partial charge on any atom is -0.212 e. The summed E-state index contributed by atoms with van der Waals surface area (Å²) < 4.78 is 21.4. The van der Waals surface area contributed by atoms with Gasteiger partial charge in [-0.2, -0.15) is 0 Å². The van der Waals surface area contributed by atoms with Gasteiger partial charge in [0, 0.05) is 10.7 Å². The molecule has 0 spiro atoms. The van der Waals surface area contributed by atoms with Crippen molar-refractivity contribution in [1.82, 2.24) is 0 Å². The monoisotopic (exact) mass is 260 g/mol. The lowest BCUT2D eigenvalue weighted by molar-refractivity contribution is 0.605. The Labute approximate surface area is 102 Å². The van der Waals surface area contributed by atoms with E-state index in [0.717, 1.165) is 12.8 Å². The average molecular weight is 261 g/mol. The van der Waals surface area contributed by atoms with E-state index in [1.807, 2.05) is 0 Å². The lowest BCUT2D eigenvalue weighted by Gasteiger charge is -2.06. The number of benzene rings is 1. The van der Waals surface area contributed by atoms with Crippen LogP contribution in [0.15, 0.2) is 18.2 Å². The highest BCUT2D eigenvalue weighted by Gasteiger charge is 2.05. The van der Waals surface area contributed by atoms with Gasteiger partial charge in [-0.1, -0.05) is 23.8 Å². The summed E-state index contributed by atoms with van der Waals surface area (Å²) >= 11 is 0. The average Bonchev–Trinajstić information content (AvgIpc) is 2.13. The molecule has 0 unspecified atom stereocenters. The van der Waals surface area contributed by atoms with Gasteiger partial charge in [-0.05, 0) is 44.2 Å². The van der Waals surface area contributed by atoms with Gasteiger partial charge in [0.15, 0.2) is 0 Å². The maximum Gasteiger partial charge on any atom is 0.232 e. The normalized spacial score (nSPS) is 11.7. The molecule has 0 aliphatic rings. The Morgan fingerprint density at radius 1 is 1.19 bits per heavy atom. The Bertz CT molecular complexity index is 452. The molecule has 0 heterocycles. The molecule has 2 nitrogen and oxygen atoms in total. The van der Waals surface area contributed by atoms with Gasteiger partial charge in [0.2, 0.25) is 9.05 Å². The zero-order valence-corrected chi connectivity index (χ0v) is 11.2. The van der Waals surface area contributed by atoms with Crippen LogP contribution in [-0.4, -0.2) is 14.2 Å². The van der Waals surface area contributed by atoms with E-state index in [4.69, 9.17) is 10.7 Å². The minimum absolute atomic E-state index is 0.0689. The zero-order valence-electron chi connectivity index (χ0n) is 9.66. The van der Waals surface area contributed by atoms with Crippen molar-refractivity contribution in [2.75, 3.05) is 5.75 Å². The second kappa shape index (κ2) is 5.69. The fourth-order valence-corrected chi connectivity index (χ4v) is 2.59. The largest absolute Gasteiger partial charge is 0.232 e. The van der Waals surface area contributed by atoms with Gasteiger partial charge >= 0.3 is 0 Å². The molecule has 4 heteroatoms. The third-order valence-electron chi connectivity index (χ3n) is 2.58. The Hall–Kier alpha value is -0.540.